The standard InChI is InChI=1S/C13H17FN2O/c1-9-3-2-4-13(15,6-9)12(17)10-5-11(14)8-16-7-10/h5,7-9H,2-4,6,15H2,1H3. The maximum absolute atomic E-state index is 13.0. The number of Topliss-reactive ketones (excluding diaryl/α,β-unsaturated/α-hetero) is 1. The van der Waals surface area contributed by atoms with Crippen molar-refractivity contribution in [1.29, 1.82) is 0 Å². The molecule has 0 spiro atoms. The molecule has 3 nitrogen and oxygen atoms in total. The van der Waals surface area contributed by atoms with Gasteiger partial charge in [-0.25, -0.2) is 4.39 Å². The van der Waals surface area contributed by atoms with Crippen molar-refractivity contribution in [2.75, 3.05) is 0 Å². The van der Waals surface area contributed by atoms with Gasteiger partial charge in [-0.3, -0.25) is 9.78 Å². The van der Waals surface area contributed by atoms with Gasteiger partial charge in [0.25, 0.3) is 0 Å². The molecule has 2 N–H and O–H groups in total. The summed E-state index contributed by atoms with van der Waals surface area (Å²) >= 11 is 0. The highest BCUT2D eigenvalue weighted by molar-refractivity contribution is 6.02. The number of halogens is 1. The summed E-state index contributed by atoms with van der Waals surface area (Å²) in [4.78, 5) is 16.0. The summed E-state index contributed by atoms with van der Waals surface area (Å²) < 4.78 is 13.0. The molecule has 0 radical (unpaired) electrons. The van der Waals surface area contributed by atoms with Crippen LogP contribution in [0.15, 0.2) is 18.5 Å². The number of carbonyl (C=O) groups is 1. The molecule has 1 saturated carbocycles. The number of hydrogen-bond donors (Lipinski definition) is 1. The molecule has 0 saturated heterocycles. The fraction of sp³-hybridized carbons (Fsp3) is 0.538. The van der Waals surface area contributed by atoms with Gasteiger partial charge in [-0.15, -0.1) is 0 Å². The van der Waals surface area contributed by atoms with Crippen molar-refractivity contribution < 1.29 is 9.18 Å². The maximum Gasteiger partial charge on any atom is 0.184 e. The number of ketones is 1. The number of nitrogens with two attached hydrogens (primary N) is 1. The Hall–Kier alpha value is -1.29. The Morgan fingerprint density at radius 3 is 3.00 bits per heavy atom. The van der Waals surface area contributed by atoms with Gasteiger partial charge in [0.05, 0.1) is 11.7 Å². The summed E-state index contributed by atoms with van der Waals surface area (Å²) in [6.45, 7) is 2.10. The van der Waals surface area contributed by atoms with E-state index in [0.717, 1.165) is 19.0 Å². The molecule has 1 aliphatic carbocycles. The molecule has 0 aliphatic heterocycles. The van der Waals surface area contributed by atoms with Crippen LogP contribution in [0.5, 0.6) is 0 Å². The van der Waals surface area contributed by atoms with E-state index in [4.69, 9.17) is 5.73 Å². The summed E-state index contributed by atoms with van der Waals surface area (Å²) in [5, 5.41) is 0. The van der Waals surface area contributed by atoms with Crippen molar-refractivity contribution in [1.82, 2.24) is 4.98 Å². The SMILES string of the molecule is CC1CCCC(N)(C(=O)c2cncc(F)c2)C1. The first-order chi connectivity index (χ1) is 8.01. The highest BCUT2D eigenvalue weighted by Crippen LogP contribution is 2.32. The van der Waals surface area contributed by atoms with Crippen molar-refractivity contribution in [2.24, 2.45) is 11.7 Å². The third-order valence-corrected chi connectivity index (χ3v) is 3.45. The molecule has 2 atom stereocenters. The number of hydrogen-bond acceptors (Lipinski definition) is 3. The molecule has 1 fully saturated rings. The van der Waals surface area contributed by atoms with E-state index in [1.54, 1.807) is 0 Å². The lowest BCUT2D eigenvalue weighted by atomic mass is 9.73. The summed E-state index contributed by atoms with van der Waals surface area (Å²) in [5.74, 6) is -0.237. The molecule has 0 aromatic carbocycles. The van der Waals surface area contributed by atoms with Gasteiger partial charge in [0.2, 0.25) is 0 Å². The lowest BCUT2D eigenvalue weighted by molar-refractivity contribution is 0.0819. The van der Waals surface area contributed by atoms with Crippen molar-refractivity contribution in [3.05, 3.63) is 29.8 Å². The van der Waals surface area contributed by atoms with E-state index in [9.17, 15) is 9.18 Å². The molecule has 1 aliphatic rings. The Morgan fingerprint density at radius 1 is 1.59 bits per heavy atom. The van der Waals surface area contributed by atoms with Crippen molar-refractivity contribution >= 4 is 5.78 Å². The summed E-state index contributed by atoms with van der Waals surface area (Å²) in [7, 11) is 0. The molecular weight excluding hydrogens is 219 g/mol. The Bertz CT molecular complexity index is 435. The van der Waals surface area contributed by atoms with Crippen LogP contribution >= 0.6 is 0 Å². The Labute approximate surface area is 100 Å². The normalized spacial score (nSPS) is 29.0. The van der Waals surface area contributed by atoms with Crippen LogP contribution in [0, 0.1) is 11.7 Å². The van der Waals surface area contributed by atoms with Crippen LogP contribution in [-0.4, -0.2) is 16.3 Å². The zero-order valence-corrected chi connectivity index (χ0v) is 9.95. The number of carbonyl (C=O) groups excluding carboxylic acids is 1. The average molecular weight is 236 g/mol. The van der Waals surface area contributed by atoms with E-state index >= 15 is 0 Å². The third-order valence-electron chi connectivity index (χ3n) is 3.45. The second kappa shape index (κ2) is 4.53. The van der Waals surface area contributed by atoms with Crippen molar-refractivity contribution in [2.45, 2.75) is 38.1 Å². The largest absolute Gasteiger partial charge is 0.319 e. The van der Waals surface area contributed by atoms with Crippen LogP contribution in [0.2, 0.25) is 0 Å². The van der Waals surface area contributed by atoms with Gasteiger partial charge < -0.3 is 5.73 Å². The van der Waals surface area contributed by atoms with Crippen LogP contribution in [-0.2, 0) is 0 Å². The molecule has 1 aromatic rings. The molecule has 1 heterocycles. The summed E-state index contributed by atoms with van der Waals surface area (Å²) in [6, 6.07) is 1.21. The molecule has 2 rings (SSSR count). The van der Waals surface area contributed by atoms with Crippen LogP contribution < -0.4 is 5.73 Å². The first-order valence-corrected chi connectivity index (χ1v) is 5.95. The minimum Gasteiger partial charge on any atom is -0.319 e. The molecule has 4 heteroatoms. The van der Waals surface area contributed by atoms with E-state index in [0.29, 0.717) is 18.8 Å². The predicted molar refractivity (Wildman–Crippen MR) is 63.1 cm³/mol. The Kier molecular flexibility index (Phi) is 3.24. The first-order valence-electron chi connectivity index (χ1n) is 5.95. The number of nitrogens with zero attached hydrogens (tertiary/aromatic N) is 1. The fourth-order valence-electron chi connectivity index (χ4n) is 2.62. The van der Waals surface area contributed by atoms with Crippen LogP contribution in [0.4, 0.5) is 4.39 Å². The van der Waals surface area contributed by atoms with Crippen molar-refractivity contribution in [3.63, 3.8) is 0 Å². The third kappa shape index (κ3) is 2.52. The zero-order chi connectivity index (χ0) is 12.5. The molecule has 0 bridgehead atoms. The van der Waals surface area contributed by atoms with Gasteiger partial charge in [-0.05, 0) is 24.8 Å². The van der Waals surface area contributed by atoms with Gasteiger partial charge in [0.1, 0.15) is 5.82 Å². The number of rotatable bonds is 2. The maximum atomic E-state index is 13.0. The van der Waals surface area contributed by atoms with Gasteiger partial charge >= 0.3 is 0 Å². The van der Waals surface area contributed by atoms with E-state index < -0.39 is 11.4 Å². The summed E-state index contributed by atoms with van der Waals surface area (Å²) in [5.41, 5.74) is 5.61. The number of pyridine rings is 1. The Balaban J connectivity index is 2.24. The average Bonchev–Trinajstić information content (AvgIpc) is 2.27. The van der Waals surface area contributed by atoms with Gasteiger partial charge in [-0.1, -0.05) is 19.8 Å². The van der Waals surface area contributed by atoms with Gasteiger partial charge in [0.15, 0.2) is 5.78 Å². The first kappa shape index (κ1) is 12.2. The minimum absolute atomic E-state index is 0.184. The summed E-state index contributed by atoms with van der Waals surface area (Å²) in [6.07, 6.45) is 5.87. The van der Waals surface area contributed by atoms with Crippen LogP contribution in [0.1, 0.15) is 43.0 Å². The van der Waals surface area contributed by atoms with E-state index in [1.807, 2.05) is 0 Å². The van der Waals surface area contributed by atoms with Crippen LogP contribution in [0.25, 0.3) is 0 Å². The van der Waals surface area contributed by atoms with Crippen molar-refractivity contribution in [3.8, 4) is 0 Å². The molecule has 0 amide bonds. The van der Waals surface area contributed by atoms with Gasteiger partial charge in [0, 0.05) is 11.8 Å². The predicted octanol–water partition coefficient (Wildman–Crippen LogP) is 2.31. The van der Waals surface area contributed by atoms with E-state index in [1.165, 1.54) is 12.3 Å². The topological polar surface area (TPSA) is 56.0 Å². The molecular formula is C13H17FN2O. The van der Waals surface area contributed by atoms with Crippen LogP contribution in [0.3, 0.4) is 0 Å². The van der Waals surface area contributed by atoms with E-state index in [-0.39, 0.29) is 11.3 Å². The Morgan fingerprint density at radius 2 is 2.35 bits per heavy atom. The lowest BCUT2D eigenvalue weighted by Crippen LogP contribution is -2.51. The zero-order valence-electron chi connectivity index (χ0n) is 9.95. The molecule has 2 unspecified atom stereocenters. The highest BCUT2D eigenvalue weighted by atomic mass is 19.1. The second-order valence-corrected chi connectivity index (χ2v) is 5.08. The minimum atomic E-state index is -0.840. The van der Waals surface area contributed by atoms with Gasteiger partial charge in [-0.2, -0.15) is 0 Å². The fourth-order valence-corrected chi connectivity index (χ4v) is 2.62. The second-order valence-electron chi connectivity index (χ2n) is 5.08. The smallest absolute Gasteiger partial charge is 0.184 e. The molecule has 17 heavy (non-hydrogen) atoms. The highest BCUT2D eigenvalue weighted by Gasteiger charge is 2.38. The monoisotopic (exact) mass is 236 g/mol. The number of aromatic nitrogens is 1. The molecule has 92 valence electrons. The van der Waals surface area contributed by atoms with E-state index in [2.05, 4.69) is 11.9 Å². The lowest BCUT2D eigenvalue weighted by Gasteiger charge is -2.35. The quantitative estimate of drug-likeness (QED) is 0.802. The molecule has 1 aromatic heterocycles.